The van der Waals surface area contributed by atoms with Crippen molar-refractivity contribution in [3.8, 4) is 0 Å². The van der Waals surface area contributed by atoms with Crippen LogP contribution >= 0.6 is 22.9 Å². The number of guanidine groups is 1. The van der Waals surface area contributed by atoms with Crippen molar-refractivity contribution < 1.29 is 4.79 Å². The van der Waals surface area contributed by atoms with E-state index in [1.165, 1.54) is 11.3 Å². The van der Waals surface area contributed by atoms with Gasteiger partial charge < -0.3 is 20.4 Å². The average molecular weight is 421 g/mol. The van der Waals surface area contributed by atoms with Gasteiger partial charge in [0.25, 0.3) is 5.91 Å². The van der Waals surface area contributed by atoms with Gasteiger partial charge in [-0.1, -0.05) is 23.7 Å². The van der Waals surface area contributed by atoms with Crippen LogP contribution in [0.2, 0.25) is 5.02 Å². The van der Waals surface area contributed by atoms with Crippen LogP contribution in [0.3, 0.4) is 0 Å². The largest absolute Gasteiger partial charge is 0.367 e. The van der Waals surface area contributed by atoms with Crippen LogP contribution in [0.15, 0.2) is 34.8 Å². The number of hydrogen-bond acceptors (Lipinski definition) is 5. The van der Waals surface area contributed by atoms with Crippen LogP contribution < -0.4 is 15.5 Å². The van der Waals surface area contributed by atoms with Gasteiger partial charge in [-0.15, -0.1) is 11.3 Å². The van der Waals surface area contributed by atoms with Gasteiger partial charge in [-0.05, 0) is 19.1 Å². The topological polar surface area (TPSA) is 72.9 Å². The summed E-state index contributed by atoms with van der Waals surface area (Å²) in [5, 5.41) is 7.02. The molecule has 9 heteroatoms. The fourth-order valence-corrected chi connectivity index (χ4v) is 4.12. The molecule has 1 fully saturated rings. The molecule has 2 aromatic rings. The first-order valence-electron chi connectivity index (χ1n) is 9.23. The SMILES string of the molecule is CN=C(NCCNC(=O)c1scnc1C)N1CCN(c2ccccc2Cl)CC1. The summed E-state index contributed by atoms with van der Waals surface area (Å²) >= 11 is 7.67. The number of aliphatic imine (C=N–C) groups is 1. The first kappa shape index (κ1) is 20.4. The number of hydrogen-bond donors (Lipinski definition) is 2. The number of carbonyl (C=O) groups excluding carboxylic acids is 1. The number of piperazine rings is 1. The average Bonchev–Trinajstić information content (AvgIpc) is 3.15. The minimum atomic E-state index is -0.0786. The number of amides is 1. The molecule has 0 atom stereocenters. The lowest BCUT2D eigenvalue weighted by Gasteiger charge is -2.38. The predicted molar refractivity (Wildman–Crippen MR) is 116 cm³/mol. The highest BCUT2D eigenvalue weighted by atomic mass is 35.5. The highest BCUT2D eigenvalue weighted by Gasteiger charge is 2.21. The van der Waals surface area contributed by atoms with E-state index in [0.29, 0.717) is 18.0 Å². The van der Waals surface area contributed by atoms with E-state index >= 15 is 0 Å². The molecule has 3 rings (SSSR count). The molecule has 0 aliphatic carbocycles. The highest BCUT2D eigenvalue weighted by Crippen LogP contribution is 2.25. The van der Waals surface area contributed by atoms with Crippen LogP contribution in [0.5, 0.6) is 0 Å². The number of halogens is 1. The van der Waals surface area contributed by atoms with Crippen LogP contribution in [0, 0.1) is 6.92 Å². The van der Waals surface area contributed by atoms with Gasteiger partial charge in [0.15, 0.2) is 5.96 Å². The van der Waals surface area contributed by atoms with Gasteiger partial charge in [0, 0.05) is 46.3 Å². The molecule has 1 aromatic heterocycles. The number of aryl methyl sites for hydroxylation is 1. The van der Waals surface area contributed by atoms with Crippen molar-refractivity contribution in [2.24, 2.45) is 4.99 Å². The summed E-state index contributed by atoms with van der Waals surface area (Å²) in [4.78, 5) is 25.8. The maximum Gasteiger partial charge on any atom is 0.263 e. The van der Waals surface area contributed by atoms with Gasteiger partial charge >= 0.3 is 0 Å². The minimum Gasteiger partial charge on any atom is -0.367 e. The van der Waals surface area contributed by atoms with Crippen molar-refractivity contribution in [1.82, 2.24) is 20.5 Å². The summed E-state index contributed by atoms with van der Waals surface area (Å²) in [5.74, 6) is 0.771. The van der Waals surface area contributed by atoms with Crippen LogP contribution in [-0.4, -0.2) is 68.1 Å². The second kappa shape index (κ2) is 9.75. The Morgan fingerprint density at radius 1 is 1.21 bits per heavy atom. The zero-order valence-electron chi connectivity index (χ0n) is 16.1. The van der Waals surface area contributed by atoms with Crippen molar-refractivity contribution >= 4 is 40.5 Å². The van der Waals surface area contributed by atoms with Gasteiger partial charge in [0.1, 0.15) is 4.88 Å². The molecule has 1 saturated heterocycles. The molecule has 1 aliphatic rings. The standard InChI is InChI=1S/C19H25ClN6OS/c1-14-17(28-13-24-14)18(27)22-7-8-23-19(21-2)26-11-9-25(10-12-26)16-6-4-3-5-15(16)20/h3-6,13H,7-12H2,1-2H3,(H,21,23)(H,22,27). The second-order valence-electron chi connectivity index (χ2n) is 6.42. The molecule has 0 radical (unpaired) electrons. The molecule has 2 heterocycles. The van der Waals surface area contributed by atoms with Gasteiger partial charge in [-0.25, -0.2) is 4.98 Å². The molecule has 7 nitrogen and oxygen atoms in total. The highest BCUT2D eigenvalue weighted by molar-refractivity contribution is 7.11. The van der Waals surface area contributed by atoms with E-state index in [-0.39, 0.29) is 5.91 Å². The van der Waals surface area contributed by atoms with Crippen LogP contribution in [0.25, 0.3) is 0 Å². The van der Waals surface area contributed by atoms with Gasteiger partial charge in [0.05, 0.1) is 21.9 Å². The quantitative estimate of drug-likeness (QED) is 0.441. The van der Waals surface area contributed by atoms with Crippen LogP contribution in [0.1, 0.15) is 15.4 Å². The van der Waals surface area contributed by atoms with E-state index in [4.69, 9.17) is 11.6 Å². The zero-order valence-corrected chi connectivity index (χ0v) is 17.7. The molecule has 2 N–H and O–H groups in total. The van der Waals surface area contributed by atoms with E-state index in [2.05, 4.69) is 36.5 Å². The smallest absolute Gasteiger partial charge is 0.263 e. The van der Waals surface area contributed by atoms with Gasteiger partial charge in [-0.3, -0.25) is 9.79 Å². The van der Waals surface area contributed by atoms with E-state index in [1.54, 1.807) is 12.6 Å². The van der Waals surface area contributed by atoms with E-state index in [9.17, 15) is 4.79 Å². The molecular weight excluding hydrogens is 396 g/mol. The van der Waals surface area contributed by atoms with E-state index < -0.39 is 0 Å². The lowest BCUT2D eigenvalue weighted by Crippen LogP contribution is -2.53. The molecule has 28 heavy (non-hydrogen) atoms. The molecule has 0 unspecified atom stereocenters. The molecule has 0 bridgehead atoms. The third kappa shape index (κ3) is 4.94. The van der Waals surface area contributed by atoms with Gasteiger partial charge in [-0.2, -0.15) is 0 Å². The number of carbonyl (C=O) groups is 1. The summed E-state index contributed by atoms with van der Waals surface area (Å²) in [5.41, 5.74) is 3.53. The lowest BCUT2D eigenvalue weighted by molar-refractivity contribution is 0.0957. The molecule has 0 spiro atoms. The Bertz CT molecular complexity index is 831. The number of anilines is 1. The summed E-state index contributed by atoms with van der Waals surface area (Å²) in [6.45, 7) is 6.45. The van der Waals surface area contributed by atoms with E-state index in [0.717, 1.165) is 48.5 Å². The Balaban J connectivity index is 1.43. The fourth-order valence-electron chi connectivity index (χ4n) is 3.15. The first-order valence-corrected chi connectivity index (χ1v) is 10.5. The second-order valence-corrected chi connectivity index (χ2v) is 7.68. The van der Waals surface area contributed by atoms with Crippen LogP contribution in [0.4, 0.5) is 5.69 Å². The molecule has 1 amide bonds. The summed E-state index contributed by atoms with van der Waals surface area (Å²) in [6.07, 6.45) is 0. The molecule has 150 valence electrons. The third-order valence-electron chi connectivity index (χ3n) is 4.63. The van der Waals surface area contributed by atoms with Crippen molar-refractivity contribution in [2.75, 3.05) is 51.2 Å². The number of rotatable bonds is 5. The molecule has 1 aromatic carbocycles. The number of thiazole rings is 1. The maximum absolute atomic E-state index is 12.1. The minimum absolute atomic E-state index is 0.0786. The monoisotopic (exact) mass is 420 g/mol. The van der Waals surface area contributed by atoms with Crippen molar-refractivity contribution in [2.45, 2.75) is 6.92 Å². The number of nitrogens with zero attached hydrogens (tertiary/aromatic N) is 4. The van der Waals surface area contributed by atoms with Gasteiger partial charge in [0.2, 0.25) is 0 Å². The Labute approximate surface area is 174 Å². The third-order valence-corrected chi connectivity index (χ3v) is 5.88. The number of benzene rings is 1. The van der Waals surface area contributed by atoms with Crippen LogP contribution in [-0.2, 0) is 0 Å². The zero-order chi connectivity index (χ0) is 19.9. The predicted octanol–water partition coefficient (Wildman–Crippen LogP) is 2.23. The first-order chi connectivity index (χ1) is 13.6. The summed E-state index contributed by atoms with van der Waals surface area (Å²) in [6, 6.07) is 7.93. The Hall–Kier alpha value is -2.32. The number of aromatic nitrogens is 1. The molecular formula is C19H25ClN6OS. The normalized spacial score (nSPS) is 14.9. The molecule has 1 aliphatic heterocycles. The maximum atomic E-state index is 12.1. The van der Waals surface area contributed by atoms with Crippen molar-refractivity contribution in [3.63, 3.8) is 0 Å². The Kier molecular flexibility index (Phi) is 7.11. The molecule has 0 saturated carbocycles. The van der Waals surface area contributed by atoms with E-state index in [1.807, 2.05) is 25.1 Å². The summed E-state index contributed by atoms with van der Waals surface area (Å²) < 4.78 is 0. The van der Waals surface area contributed by atoms with Crippen molar-refractivity contribution in [3.05, 3.63) is 45.4 Å². The van der Waals surface area contributed by atoms with Crippen molar-refractivity contribution in [1.29, 1.82) is 0 Å². The fraction of sp³-hybridized carbons (Fsp3) is 0.421. The number of para-hydroxylation sites is 1. The lowest BCUT2D eigenvalue weighted by atomic mass is 10.2. The number of nitrogens with one attached hydrogen (secondary N) is 2. The Morgan fingerprint density at radius 3 is 2.57 bits per heavy atom. The summed E-state index contributed by atoms with van der Waals surface area (Å²) in [7, 11) is 1.78. The Morgan fingerprint density at radius 2 is 1.93 bits per heavy atom.